The number of carbonyl (C=O) groups is 2. The first-order valence-corrected chi connectivity index (χ1v) is 8.73. The van der Waals surface area contributed by atoms with Crippen LogP contribution in [0.4, 0.5) is 10.5 Å². The monoisotopic (exact) mass is 371 g/mol. The van der Waals surface area contributed by atoms with E-state index in [4.69, 9.17) is 9.47 Å². The van der Waals surface area contributed by atoms with Crippen LogP contribution in [-0.2, 0) is 4.79 Å². The number of ether oxygens (including phenoxy) is 2. The van der Waals surface area contributed by atoms with Gasteiger partial charge in [0.15, 0.2) is 11.5 Å². The number of amides is 2. The number of carbonyl (C=O) groups excluding carboxylic acids is 2. The average molecular weight is 371 g/mol. The van der Waals surface area contributed by atoms with Crippen molar-refractivity contribution in [2.24, 2.45) is 0 Å². The van der Waals surface area contributed by atoms with Gasteiger partial charge in [-0.2, -0.15) is 0 Å². The van der Waals surface area contributed by atoms with E-state index < -0.39 is 11.1 Å². The molecule has 134 valence electrons. The van der Waals surface area contributed by atoms with Crippen LogP contribution in [0, 0.1) is 0 Å². The van der Waals surface area contributed by atoms with E-state index in [2.05, 4.69) is 0 Å². The summed E-state index contributed by atoms with van der Waals surface area (Å²) in [6.45, 7) is 2.39. The fourth-order valence-electron chi connectivity index (χ4n) is 2.52. The number of phenols is 1. The van der Waals surface area contributed by atoms with E-state index in [-0.39, 0.29) is 5.75 Å². The molecule has 2 amide bonds. The number of nitrogens with zero attached hydrogens (tertiary/aromatic N) is 1. The molecule has 0 aromatic heterocycles. The zero-order valence-electron chi connectivity index (χ0n) is 14.3. The number of imide groups is 1. The zero-order chi connectivity index (χ0) is 18.7. The molecule has 7 heteroatoms. The van der Waals surface area contributed by atoms with Crippen molar-refractivity contribution >= 4 is 34.7 Å². The van der Waals surface area contributed by atoms with Crippen LogP contribution in [0.15, 0.2) is 47.4 Å². The molecule has 0 aliphatic carbocycles. The van der Waals surface area contributed by atoms with Gasteiger partial charge >= 0.3 is 0 Å². The Balaban J connectivity index is 1.90. The van der Waals surface area contributed by atoms with Crippen LogP contribution in [0.2, 0.25) is 0 Å². The van der Waals surface area contributed by atoms with Gasteiger partial charge in [0, 0.05) is 6.07 Å². The zero-order valence-corrected chi connectivity index (χ0v) is 15.1. The smallest absolute Gasteiger partial charge is 0.298 e. The first kappa shape index (κ1) is 17.9. The Morgan fingerprint density at radius 1 is 1.15 bits per heavy atom. The molecule has 0 saturated carbocycles. The van der Waals surface area contributed by atoms with Gasteiger partial charge in [-0.1, -0.05) is 12.1 Å². The Morgan fingerprint density at radius 2 is 1.96 bits per heavy atom. The van der Waals surface area contributed by atoms with Gasteiger partial charge in [0.1, 0.15) is 5.75 Å². The molecule has 2 aromatic carbocycles. The van der Waals surface area contributed by atoms with Crippen LogP contribution in [0.3, 0.4) is 0 Å². The second kappa shape index (κ2) is 7.53. The molecule has 0 unspecified atom stereocenters. The Morgan fingerprint density at radius 3 is 2.65 bits per heavy atom. The lowest BCUT2D eigenvalue weighted by atomic mass is 10.2. The third kappa shape index (κ3) is 3.52. The Kier molecular flexibility index (Phi) is 5.18. The summed E-state index contributed by atoms with van der Waals surface area (Å²) < 4.78 is 10.8. The van der Waals surface area contributed by atoms with Gasteiger partial charge in [-0.05, 0) is 54.6 Å². The molecule has 1 saturated heterocycles. The fraction of sp³-hybridized carbons (Fsp3) is 0.158. The molecule has 0 spiro atoms. The lowest BCUT2D eigenvalue weighted by Crippen LogP contribution is -2.27. The lowest BCUT2D eigenvalue weighted by Gasteiger charge is -2.12. The molecule has 26 heavy (non-hydrogen) atoms. The van der Waals surface area contributed by atoms with Crippen LogP contribution in [-0.4, -0.2) is 30.0 Å². The maximum Gasteiger partial charge on any atom is 0.298 e. The minimum Gasteiger partial charge on any atom is -0.508 e. The maximum atomic E-state index is 12.6. The highest BCUT2D eigenvalue weighted by atomic mass is 32.2. The van der Waals surface area contributed by atoms with Crippen molar-refractivity contribution in [1.29, 1.82) is 0 Å². The van der Waals surface area contributed by atoms with Crippen molar-refractivity contribution in [2.45, 2.75) is 6.92 Å². The summed E-state index contributed by atoms with van der Waals surface area (Å²) >= 11 is 0.850. The summed E-state index contributed by atoms with van der Waals surface area (Å²) in [5.41, 5.74) is 1.05. The molecule has 0 atom stereocenters. The SMILES string of the molecule is CCOc1ccc(/C=C2\SC(=O)N(c3cccc(O)c3)C2=O)cc1OC. The molecule has 0 radical (unpaired) electrons. The number of hydrogen-bond acceptors (Lipinski definition) is 6. The van der Waals surface area contributed by atoms with E-state index in [0.717, 1.165) is 16.7 Å². The van der Waals surface area contributed by atoms with Gasteiger partial charge in [-0.15, -0.1) is 0 Å². The van der Waals surface area contributed by atoms with Crippen molar-refractivity contribution in [3.05, 3.63) is 52.9 Å². The molecule has 1 aliphatic rings. The van der Waals surface area contributed by atoms with E-state index >= 15 is 0 Å². The minimum atomic E-state index is -0.432. The highest BCUT2D eigenvalue weighted by molar-refractivity contribution is 8.19. The number of aromatic hydroxyl groups is 1. The fourth-order valence-corrected chi connectivity index (χ4v) is 3.36. The summed E-state index contributed by atoms with van der Waals surface area (Å²) in [5.74, 6) is 0.716. The van der Waals surface area contributed by atoms with E-state index in [1.165, 1.54) is 19.2 Å². The number of methoxy groups -OCH3 is 1. The first-order valence-electron chi connectivity index (χ1n) is 7.91. The summed E-state index contributed by atoms with van der Waals surface area (Å²) in [5, 5.41) is 9.17. The summed E-state index contributed by atoms with van der Waals surface area (Å²) in [6.07, 6.45) is 1.63. The normalized spacial score (nSPS) is 15.6. The molecule has 1 fully saturated rings. The predicted octanol–water partition coefficient (Wildman–Crippen LogP) is 4.04. The number of anilines is 1. The van der Waals surface area contributed by atoms with E-state index in [0.29, 0.717) is 34.3 Å². The molecular formula is C19H17NO5S. The number of benzene rings is 2. The topological polar surface area (TPSA) is 76.1 Å². The van der Waals surface area contributed by atoms with Gasteiger partial charge in [0.25, 0.3) is 11.1 Å². The Labute approximate surface area is 155 Å². The number of rotatable bonds is 5. The minimum absolute atomic E-state index is 0.0122. The quantitative estimate of drug-likeness (QED) is 0.800. The highest BCUT2D eigenvalue weighted by Crippen LogP contribution is 2.37. The van der Waals surface area contributed by atoms with Crippen LogP contribution < -0.4 is 14.4 Å². The molecule has 1 N–H and O–H groups in total. The lowest BCUT2D eigenvalue weighted by molar-refractivity contribution is -0.113. The van der Waals surface area contributed by atoms with E-state index in [9.17, 15) is 14.7 Å². The van der Waals surface area contributed by atoms with Crippen molar-refractivity contribution in [3.8, 4) is 17.2 Å². The third-order valence-electron chi connectivity index (χ3n) is 3.67. The van der Waals surface area contributed by atoms with Gasteiger partial charge in [-0.25, -0.2) is 4.90 Å². The van der Waals surface area contributed by atoms with E-state index in [1.807, 2.05) is 6.92 Å². The molecule has 6 nitrogen and oxygen atoms in total. The van der Waals surface area contributed by atoms with Gasteiger partial charge < -0.3 is 14.6 Å². The Hall–Kier alpha value is -2.93. The second-order valence-corrected chi connectivity index (χ2v) is 6.37. The maximum absolute atomic E-state index is 12.6. The third-order valence-corrected chi connectivity index (χ3v) is 4.54. The Bertz CT molecular complexity index is 893. The summed E-state index contributed by atoms with van der Waals surface area (Å²) in [7, 11) is 1.54. The molecule has 3 rings (SSSR count). The number of phenolic OH excluding ortho intramolecular Hbond substituents is 1. The molecule has 0 bridgehead atoms. The average Bonchev–Trinajstić information content (AvgIpc) is 2.90. The second-order valence-electron chi connectivity index (χ2n) is 5.38. The largest absolute Gasteiger partial charge is 0.508 e. The van der Waals surface area contributed by atoms with Crippen molar-refractivity contribution in [1.82, 2.24) is 0 Å². The molecule has 2 aromatic rings. The summed E-state index contributed by atoms with van der Waals surface area (Å²) in [6, 6.07) is 11.3. The van der Waals surface area contributed by atoms with Gasteiger partial charge in [0.2, 0.25) is 0 Å². The van der Waals surface area contributed by atoms with Gasteiger partial charge in [-0.3, -0.25) is 9.59 Å². The molecule has 1 aliphatic heterocycles. The van der Waals surface area contributed by atoms with Crippen LogP contribution in [0.5, 0.6) is 17.2 Å². The van der Waals surface area contributed by atoms with Crippen LogP contribution in [0.1, 0.15) is 12.5 Å². The molecular weight excluding hydrogens is 354 g/mol. The van der Waals surface area contributed by atoms with Crippen LogP contribution in [0.25, 0.3) is 6.08 Å². The van der Waals surface area contributed by atoms with Crippen LogP contribution >= 0.6 is 11.8 Å². The van der Waals surface area contributed by atoms with Crippen molar-refractivity contribution in [2.75, 3.05) is 18.6 Å². The standard InChI is InChI=1S/C19H17NO5S/c1-3-25-15-8-7-12(9-16(15)24-2)10-17-18(22)20(19(23)26-17)13-5-4-6-14(21)11-13/h4-11,21H,3H2,1-2H3/b17-10-. The number of thioether (sulfide) groups is 1. The first-order chi connectivity index (χ1) is 12.5. The predicted molar refractivity (Wildman–Crippen MR) is 101 cm³/mol. The highest BCUT2D eigenvalue weighted by Gasteiger charge is 2.36. The van der Waals surface area contributed by atoms with E-state index in [1.54, 1.807) is 36.4 Å². The molecule has 1 heterocycles. The van der Waals surface area contributed by atoms with Crippen molar-refractivity contribution < 1.29 is 24.2 Å². The number of hydrogen-bond donors (Lipinski definition) is 1. The summed E-state index contributed by atoms with van der Waals surface area (Å²) in [4.78, 5) is 26.2. The van der Waals surface area contributed by atoms with Crippen molar-refractivity contribution in [3.63, 3.8) is 0 Å². The van der Waals surface area contributed by atoms with Gasteiger partial charge in [0.05, 0.1) is 24.3 Å².